The van der Waals surface area contributed by atoms with E-state index in [1.807, 2.05) is 0 Å². The Labute approximate surface area is 150 Å². The monoisotopic (exact) mass is 379 g/mol. The van der Waals surface area contributed by atoms with Crippen LogP contribution in [0.4, 0.5) is 10.3 Å². The van der Waals surface area contributed by atoms with Gasteiger partial charge in [0, 0.05) is 10.9 Å². The number of halogens is 2. The fraction of sp³-hybridized carbons (Fsp3) is 0.125. The van der Waals surface area contributed by atoms with Crippen molar-refractivity contribution in [1.29, 1.82) is 0 Å². The van der Waals surface area contributed by atoms with Gasteiger partial charge in [0.1, 0.15) is 21.2 Å². The number of fused-ring (bicyclic) bond motifs is 1. The molecule has 3 aromatic rings. The van der Waals surface area contributed by atoms with E-state index in [2.05, 4.69) is 9.97 Å². The normalized spacial score (nSPS) is 10.8. The molecule has 0 aliphatic rings. The third-order valence-electron chi connectivity index (χ3n) is 3.28. The number of carbonyl (C=O) groups is 2. The smallest absolute Gasteiger partial charge is 0.348 e. The first kappa shape index (κ1) is 17.2. The van der Waals surface area contributed by atoms with Crippen LogP contribution in [0, 0.1) is 5.82 Å². The van der Waals surface area contributed by atoms with Crippen molar-refractivity contribution in [2.75, 3.05) is 12.3 Å². The summed E-state index contributed by atoms with van der Waals surface area (Å²) in [5.41, 5.74) is 5.70. The lowest BCUT2D eigenvalue weighted by Crippen LogP contribution is -2.08. The number of thiophene rings is 1. The zero-order chi connectivity index (χ0) is 18.1. The van der Waals surface area contributed by atoms with E-state index in [4.69, 9.17) is 22.1 Å². The summed E-state index contributed by atoms with van der Waals surface area (Å²) in [6, 6.07) is 5.16. The van der Waals surface area contributed by atoms with Gasteiger partial charge in [0.25, 0.3) is 0 Å². The maximum absolute atomic E-state index is 13.6. The average Bonchev–Trinajstić information content (AvgIpc) is 3.00. The van der Waals surface area contributed by atoms with E-state index in [-0.39, 0.29) is 33.7 Å². The maximum Gasteiger partial charge on any atom is 0.348 e. The van der Waals surface area contributed by atoms with Crippen LogP contribution in [0.5, 0.6) is 0 Å². The molecule has 2 aromatic heterocycles. The van der Waals surface area contributed by atoms with Crippen molar-refractivity contribution in [3.05, 3.63) is 51.2 Å². The van der Waals surface area contributed by atoms with E-state index in [0.29, 0.717) is 10.2 Å². The quantitative estimate of drug-likeness (QED) is 0.550. The highest BCUT2D eigenvalue weighted by Gasteiger charge is 2.21. The Balaban J connectivity index is 2.12. The predicted molar refractivity (Wildman–Crippen MR) is 92.6 cm³/mol. The number of aromatic nitrogens is 2. The van der Waals surface area contributed by atoms with Crippen LogP contribution in [0.25, 0.3) is 10.2 Å². The second-order valence-corrected chi connectivity index (χ2v) is 6.38. The summed E-state index contributed by atoms with van der Waals surface area (Å²) in [4.78, 5) is 33.2. The van der Waals surface area contributed by atoms with Crippen LogP contribution in [-0.4, -0.2) is 28.3 Å². The summed E-state index contributed by atoms with van der Waals surface area (Å²) in [6.45, 7) is 1.91. The van der Waals surface area contributed by atoms with Crippen LogP contribution >= 0.6 is 22.9 Å². The Hall–Kier alpha value is -2.58. The van der Waals surface area contributed by atoms with E-state index in [0.717, 1.165) is 17.4 Å². The minimum absolute atomic E-state index is 0.0176. The number of esters is 1. The third kappa shape index (κ3) is 3.31. The molecular formula is C16H11ClFN3O3S. The Morgan fingerprint density at radius 3 is 2.76 bits per heavy atom. The molecule has 9 heteroatoms. The number of nitrogens with zero attached hydrogens (tertiary/aromatic N) is 2. The lowest BCUT2D eigenvalue weighted by molar-refractivity contribution is 0.0532. The highest BCUT2D eigenvalue weighted by molar-refractivity contribution is 7.20. The van der Waals surface area contributed by atoms with Gasteiger partial charge in [0.2, 0.25) is 11.7 Å². The lowest BCUT2D eigenvalue weighted by Gasteiger charge is -2.04. The van der Waals surface area contributed by atoms with Crippen LogP contribution < -0.4 is 5.73 Å². The van der Waals surface area contributed by atoms with E-state index >= 15 is 0 Å². The molecule has 2 N–H and O–H groups in total. The van der Waals surface area contributed by atoms with Gasteiger partial charge in [-0.25, -0.2) is 19.2 Å². The van der Waals surface area contributed by atoms with Crippen LogP contribution in [0.3, 0.4) is 0 Å². The van der Waals surface area contributed by atoms with Gasteiger partial charge in [0.15, 0.2) is 0 Å². The maximum atomic E-state index is 13.6. The van der Waals surface area contributed by atoms with Crippen molar-refractivity contribution in [1.82, 2.24) is 9.97 Å². The number of ketones is 1. The summed E-state index contributed by atoms with van der Waals surface area (Å²) in [7, 11) is 0. The summed E-state index contributed by atoms with van der Waals surface area (Å²) < 4.78 is 18.6. The number of hydrogen-bond donors (Lipinski definition) is 1. The molecule has 0 radical (unpaired) electrons. The Morgan fingerprint density at radius 2 is 2.08 bits per heavy atom. The number of nitrogen functional groups attached to an aromatic ring is 1. The Morgan fingerprint density at radius 1 is 1.32 bits per heavy atom. The molecule has 6 nitrogen and oxygen atoms in total. The van der Waals surface area contributed by atoms with Crippen LogP contribution in [0.1, 0.15) is 32.6 Å². The molecule has 0 bridgehead atoms. The molecule has 2 heterocycles. The van der Waals surface area contributed by atoms with Gasteiger partial charge >= 0.3 is 5.97 Å². The average molecular weight is 380 g/mol. The standard InChI is InChI=1S/C16H11ClFN3O3S/c1-2-24-15(23)11-6-8-12(20-16(19)21-14(8)25-11)13(22)7-3-4-9(17)10(18)5-7/h3-6H,2H2,1H3,(H2,19,20,21). The summed E-state index contributed by atoms with van der Waals surface area (Å²) >= 11 is 6.68. The lowest BCUT2D eigenvalue weighted by atomic mass is 10.1. The minimum atomic E-state index is -0.719. The van der Waals surface area contributed by atoms with Gasteiger partial charge in [-0.2, -0.15) is 0 Å². The van der Waals surface area contributed by atoms with E-state index < -0.39 is 17.6 Å². The fourth-order valence-corrected chi connectivity index (χ4v) is 3.24. The molecule has 0 unspecified atom stereocenters. The number of ether oxygens (including phenoxy) is 1. The van der Waals surface area contributed by atoms with Gasteiger partial charge in [-0.05, 0) is 31.2 Å². The number of anilines is 1. The van der Waals surface area contributed by atoms with Crippen LogP contribution in [0.2, 0.25) is 5.02 Å². The van der Waals surface area contributed by atoms with Crippen LogP contribution in [0.15, 0.2) is 24.3 Å². The molecule has 0 saturated carbocycles. The number of benzene rings is 1. The fourth-order valence-electron chi connectivity index (χ4n) is 2.19. The molecule has 0 spiro atoms. The Bertz CT molecular complexity index is 1010. The second kappa shape index (κ2) is 6.73. The SMILES string of the molecule is CCOC(=O)c1cc2c(C(=O)c3ccc(Cl)c(F)c3)nc(N)nc2s1. The zero-order valence-electron chi connectivity index (χ0n) is 12.9. The molecule has 0 amide bonds. The van der Waals surface area contributed by atoms with E-state index in [9.17, 15) is 14.0 Å². The largest absolute Gasteiger partial charge is 0.462 e. The number of rotatable bonds is 4. The van der Waals surface area contributed by atoms with Gasteiger partial charge in [-0.15, -0.1) is 11.3 Å². The second-order valence-electron chi connectivity index (χ2n) is 4.94. The van der Waals surface area contributed by atoms with Crippen molar-refractivity contribution in [2.24, 2.45) is 0 Å². The first-order valence-corrected chi connectivity index (χ1v) is 8.34. The number of nitrogens with two attached hydrogens (primary N) is 1. The van der Waals surface area contributed by atoms with Gasteiger partial charge in [0.05, 0.1) is 11.6 Å². The molecule has 0 fully saturated rings. The molecule has 0 aliphatic heterocycles. The molecule has 1 aromatic carbocycles. The molecule has 0 saturated heterocycles. The summed E-state index contributed by atoms with van der Waals surface area (Å²) in [6.07, 6.45) is 0. The third-order valence-corrected chi connectivity index (χ3v) is 4.60. The van der Waals surface area contributed by atoms with Gasteiger partial charge < -0.3 is 10.5 Å². The highest BCUT2D eigenvalue weighted by atomic mass is 35.5. The summed E-state index contributed by atoms with van der Waals surface area (Å²) in [5.74, 6) is -1.92. The van der Waals surface area contributed by atoms with E-state index in [1.165, 1.54) is 18.2 Å². The first-order valence-electron chi connectivity index (χ1n) is 7.14. The molecular weight excluding hydrogens is 369 g/mol. The van der Waals surface area contributed by atoms with Gasteiger partial charge in [-0.3, -0.25) is 4.79 Å². The van der Waals surface area contributed by atoms with Gasteiger partial charge in [-0.1, -0.05) is 11.6 Å². The predicted octanol–water partition coefficient (Wildman–Crippen LogP) is 3.47. The molecule has 3 rings (SSSR count). The van der Waals surface area contributed by atoms with Crippen molar-refractivity contribution in [3.63, 3.8) is 0 Å². The number of carbonyl (C=O) groups excluding carboxylic acids is 2. The van der Waals surface area contributed by atoms with Crippen molar-refractivity contribution in [3.8, 4) is 0 Å². The highest BCUT2D eigenvalue weighted by Crippen LogP contribution is 2.29. The first-order chi connectivity index (χ1) is 11.9. The summed E-state index contributed by atoms with van der Waals surface area (Å²) in [5, 5.41) is 0.256. The van der Waals surface area contributed by atoms with Crippen molar-refractivity contribution in [2.45, 2.75) is 6.92 Å². The van der Waals surface area contributed by atoms with Crippen molar-refractivity contribution < 1.29 is 18.7 Å². The molecule has 0 atom stereocenters. The van der Waals surface area contributed by atoms with Crippen LogP contribution in [-0.2, 0) is 4.74 Å². The van der Waals surface area contributed by atoms with Crippen molar-refractivity contribution >= 4 is 50.9 Å². The molecule has 0 aliphatic carbocycles. The molecule has 128 valence electrons. The number of hydrogen-bond acceptors (Lipinski definition) is 7. The zero-order valence-corrected chi connectivity index (χ0v) is 14.4. The minimum Gasteiger partial charge on any atom is -0.462 e. The molecule has 25 heavy (non-hydrogen) atoms. The van der Waals surface area contributed by atoms with E-state index in [1.54, 1.807) is 6.92 Å². The Kier molecular flexibility index (Phi) is 4.65. The topological polar surface area (TPSA) is 95.2 Å².